The summed E-state index contributed by atoms with van der Waals surface area (Å²) in [6.07, 6.45) is 3.58. The molecule has 0 N–H and O–H groups in total. The Labute approximate surface area is 308 Å². The number of fused-ring (bicyclic) bond motifs is 4. The molecule has 3 heteroatoms. The van der Waals surface area contributed by atoms with Crippen LogP contribution in [-0.2, 0) is 38.5 Å². The topological polar surface area (TPSA) is 0 Å². The van der Waals surface area contributed by atoms with E-state index in [1.54, 1.807) is 12.1 Å². The fourth-order valence-corrected chi connectivity index (χ4v) is 15.3. The molecule has 7 rings (SSSR count). The second-order valence-electron chi connectivity index (χ2n) is 15.5. The Morgan fingerprint density at radius 1 is 0.688 bits per heavy atom. The first-order valence-electron chi connectivity index (χ1n) is 16.9. The first-order chi connectivity index (χ1) is 21.9. The molecule has 0 radical (unpaired) electrons. The van der Waals surface area contributed by atoms with Gasteiger partial charge in [0.05, 0.1) is 0 Å². The van der Waals surface area contributed by atoms with E-state index in [1.165, 1.54) is 60.9 Å². The molecule has 0 aromatic heterocycles. The molecule has 5 aromatic carbocycles. The van der Waals surface area contributed by atoms with E-state index in [2.05, 4.69) is 168 Å². The van der Waals surface area contributed by atoms with E-state index in [9.17, 15) is 0 Å². The van der Waals surface area contributed by atoms with Crippen molar-refractivity contribution in [2.75, 3.05) is 0 Å². The van der Waals surface area contributed by atoms with Gasteiger partial charge in [0.1, 0.15) is 0 Å². The predicted molar refractivity (Wildman–Crippen MR) is 197 cm³/mol. The average molecular weight is 749 g/mol. The maximum Gasteiger partial charge on any atom is -1.00 e. The summed E-state index contributed by atoms with van der Waals surface area (Å²) in [5.41, 5.74) is 14.7. The van der Waals surface area contributed by atoms with Gasteiger partial charge < -0.3 is 24.8 Å². The van der Waals surface area contributed by atoms with Gasteiger partial charge in [0.25, 0.3) is 0 Å². The standard InChI is InChI=1S/C21H25.C13H13.C11H8.2ClH.Zr/c1-20(2,3)16-9-7-14-11-15-8-10-17(21(4,5)6)13-19(15)18(14)12-16;1-10-8-11(2)13(9-10)12-6-4-3-5-7-12;1-9-5-4-7-10-6-2-3-8-11(9)10;;;/h7,9-10,12-13H,11H2,1-6H3;3-7,9-10H,1-2H3;1-8H;2*1H;/q;;;;;+2/p-2. The van der Waals surface area contributed by atoms with Crippen molar-refractivity contribution in [2.24, 2.45) is 5.92 Å². The molecule has 48 heavy (non-hydrogen) atoms. The first-order valence-corrected chi connectivity index (χ1v) is 20.8. The van der Waals surface area contributed by atoms with Crippen molar-refractivity contribution in [2.45, 2.75) is 72.6 Å². The van der Waals surface area contributed by atoms with Crippen molar-refractivity contribution >= 4 is 23.3 Å². The zero-order valence-electron chi connectivity index (χ0n) is 29.5. The summed E-state index contributed by atoms with van der Waals surface area (Å²) in [7, 11) is 0. The van der Waals surface area contributed by atoms with E-state index in [0.29, 0.717) is 5.92 Å². The van der Waals surface area contributed by atoms with Gasteiger partial charge >= 0.3 is 286 Å². The van der Waals surface area contributed by atoms with E-state index < -0.39 is 21.3 Å². The average Bonchev–Trinajstić information content (AvgIpc) is 3.55. The van der Waals surface area contributed by atoms with Crippen molar-refractivity contribution in [1.82, 2.24) is 0 Å². The van der Waals surface area contributed by atoms with E-state index in [-0.39, 0.29) is 35.6 Å². The maximum absolute atomic E-state index is 2.79. The van der Waals surface area contributed by atoms with Crippen molar-refractivity contribution in [3.63, 3.8) is 0 Å². The normalized spacial score (nSPS) is 15.5. The minimum atomic E-state index is -2.72. The van der Waals surface area contributed by atoms with Crippen LogP contribution in [0.3, 0.4) is 0 Å². The van der Waals surface area contributed by atoms with Crippen LogP contribution in [0.1, 0.15) is 88.8 Å². The number of halogens is 2. The Bertz CT molecular complexity index is 2090. The minimum Gasteiger partial charge on any atom is -1.00 e. The Morgan fingerprint density at radius 3 is 2.04 bits per heavy atom. The van der Waals surface area contributed by atoms with Crippen LogP contribution >= 0.6 is 0 Å². The van der Waals surface area contributed by atoms with Crippen molar-refractivity contribution in [3.05, 3.63) is 151 Å². The van der Waals surface area contributed by atoms with Crippen LogP contribution in [0.5, 0.6) is 0 Å². The third kappa shape index (κ3) is 6.69. The molecule has 0 saturated heterocycles. The van der Waals surface area contributed by atoms with Gasteiger partial charge in [-0.1, -0.05) is 0 Å². The summed E-state index contributed by atoms with van der Waals surface area (Å²) in [6, 6.07) is 39.3. The Hall–Kier alpha value is -2.83. The summed E-state index contributed by atoms with van der Waals surface area (Å²) < 4.78 is 6.16. The fourth-order valence-electron chi connectivity index (χ4n) is 7.57. The van der Waals surface area contributed by atoms with Gasteiger partial charge in [-0.15, -0.1) is 0 Å². The summed E-state index contributed by atoms with van der Waals surface area (Å²) in [4.78, 5) is 0. The first kappa shape index (κ1) is 36.5. The summed E-state index contributed by atoms with van der Waals surface area (Å²) in [6.45, 7) is 19.0. The van der Waals surface area contributed by atoms with Crippen LogP contribution in [-0.4, -0.2) is 3.71 Å². The number of benzene rings is 5. The summed E-state index contributed by atoms with van der Waals surface area (Å²) >= 11 is -2.72. The van der Waals surface area contributed by atoms with Crippen LogP contribution in [0.2, 0.25) is 0 Å². The van der Waals surface area contributed by atoms with E-state index in [1.807, 2.05) is 0 Å². The summed E-state index contributed by atoms with van der Waals surface area (Å²) in [5, 5.41) is 2.69. The summed E-state index contributed by atoms with van der Waals surface area (Å²) in [5.74, 6) is 0.418. The predicted octanol–water partition coefficient (Wildman–Crippen LogP) is 5.12. The second-order valence-corrected chi connectivity index (χ2v) is 20.9. The molecule has 5 aromatic rings. The molecular weight excluding hydrogens is 703 g/mol. The van der Waals surface area contributed by atoms with Crippen LogP contribution in [0.4, 0.5) is 0 Å². The molecule has 0 saturated carbocycles. The largest absolute Gasteiger partial charge is 1.00 e. The van der Waals surface area contributed by atoms with Crippen LogP contribution in [0.25, 0.3) is 27.5 Å². The monoisotopic (exact) mass is 746 g/mol. The van der Waals surface area contributed by atoms with Gasteiger partial charge in [-0.2, -0.15) is 0 Å². The molecule has 0 amide bonds. The Balaban J connectivity index is 0.00000225. The van der Waals surface area contributed by atoms with Crippen LogP contribution in [0.15, 0.2) is 118 Å². The Kier molecular flexibility index (Phi) is 10.5. The molecular formula is C45H46Cl2Zr. The van der Waals surface area contributed by atoms with Gasteiger partial charge in [-0.05, 0) is 0 Å². The van der Waals surface area contributed by atoms with Gasteiger partial charge in [-0.3, -0.25) is 0 Å². The van der Waals surface area contributed by atoms with Crippen molar-refractivity contribution in [3.8, 4) is 11.1 Å². The molecule has 0 fully saturated rings. The molecule has 1 atom stereocenters. The Morgan fingerprint density at radius 2 is 1.33 bits per heavy atom. The quantitative estimate of drug-likeness (QED) is 0.235. The molecule has 244 valence electrons. The molecule has 0 spiro atoms. The molecule has 0 heterocycles. The van der Waals surface area contributed by atoms with Crippen molar-refractivity contribution in [1.29, 1.82) is 0 Å². The molecule has 0 aliphatic heterocycles. The fraction of sp³-hybridized carbons (Fsp3) is 0.267. The molecule has 2 aliphatic rings. The molecule has 2 aliphatic carbocycles. The zero-order chi connectivity index (χ0) is 32.4. The SMILES string of the molecule is CC1=[C](/[Zr+2](=[CH]/c2cccc3ccccc23)[c]2cc(C(C)(C)C)cc3c2Cc2ccc(C(C)(C)C)cc2-3)C(C)C=C1c1ccccc1.[Cl-].[Cl-]. The maximum atomic E-state index is 2.79. The minimum absolute atomic E-state index is 0. The molecule has 0 nitrogen and oxygen atoms in total. The van der Waals surface area contributed by atoms with Crippen LogP contribution in [0, 0.1) is 5.92 Å². The smallest absolute Gasteiger partial charge is 1.00 e. The van der Waals surface area contributed by atoms with E-state index in [4.69, 9.17) is 0 Å². The van der Waals surface area contributed by atoms with E-state index >= 15 is 0 Å². The number of hydrogen-bond donors (Lipinski definition) is 0. The zero-order valence-corrected chi connectivity index (χ0v) is 33.5. The molecule has 0 bridgehead atoms. The third-order valence-corrected chi connectivity index (χ3v) is 17.7. The van der Waals surface area contributed by atoms with Gasteiger partial charge in [0.2, 0.25) is 0 Å². The van der Waals surface area contributed by atoms with Crippen molar-refractivity contribution < 1.29 is 46.1 Å². The van der Waals surface area contributed by atoms with Gasteiger partial charge in [0, 0.05) is 0 Å². The number of hydrogen-bond acceptors (Lipinski definition) is 0. The van der Waals surface area contributed by atoms with E-state index in [0.717, 1.165) is 6.42 Å². The number of rotatable bonds is 4. The molecule has 1 unspecified atom stereocenters. The van der Waals surface area contributed by atoms with Gasteiger partial charge in [0.15, 0.2) is 0 Å². The van der Waals surface area contributed by atoms with Crippen LogP contribution < -0.4 is 28.1 Å². The second kappa shape index (κ2) is 13.8. The van der Waals surface area contributed by atoms with Gasteiger partial charge in [-0.25, -0.2) is 0 Å². The third-order valence-electron chi connectivity index (χ3n) is 10.2. The number of allylic oxidation sites excluding steroid dienone is 4.